The zero-order valence-corrected chi connectivity index (χ0v) is 15.3. The first-order chi connectivity index (χ1) is 13.0. The average Bonchev–Trinajstić information content (AvgIpc) is 3.28. The lowest BCUT2D eigenvalue weighted by atomic mass is 10.2. The third-order valence-corrected chi connectivity index (χ3v) is 5.79. The van der Waals surface area contributed by atoms with Crippen LogP contribution in [0.1, 0.15) is 5.56 Å². The first-order valence-electron chi connectivity index (χ1n) is 7.86. The van der Waals surface area contributed by atoms with Gasteiger partial charge in [0.1, 0.15) is 16.4 Å². The third-order valence-electron chi connectivity index (χ3n) is 4.06. The Kier molecular flexibility index (Phi) is 4.42. The molecule has 0 radical (unpaired) electrons. The van der Waals surface area contributed by atoms with Crippen molar-refractivity contribution in [3.05, 3.63) is 65.2 Å². The highest BCUT2D eigenvalue weighted by atomic mass is 35.5. The van der Waals surface area contributed by atoms with E-state index >= 15 is 0 Å². The molecular formula is C17H13ClFN5O2S. The minimum Gasteiger partial charge on any atom is -0.359 e. The van der Waals surface area contributed by atoms with E-state index in [1.807, 2.05) is 6.07 Å². The Bertz CT molecular complexity index is 1210. The van der Waals surface area contributed by atoms with Crippen molar-refractivity contribution < 1.29 is 12.8 Å². The van der Waals surface area contributed by atoms with Crippen molar-refractivity contribution in [3.8, 4) is 11.4 Å². The molecule has 0 aliphatic heterocycles. The Balaban J connectivity index is 1.60. The number of H-pyrrole nitrogens is 2. The molecule has 0 saturated heterocycles. The quantitative estimate of drug-likeness (QED) is 0.474. The van der Waals surface area contributed by atoms with Crippen molar-refractivity contribution in [2.75, 3.05) is 0 Å². The van der Waals surface area contributed by atoms with Crippen molar-refractivity contribution >= 4 is 32.7 Å². The number of nitrogens with zero attached hydrogens (tertiary/aromatic N) is 2. The van der Waals surface area contributed by atoms with Gasteiger partial charge in [0.2, 0.25) is 10.0 Å². The van der Waals surface area contributed by atoms with E-state index < -0.39 is 15.8 Å². The maximum absolute atomic E-state index is 13.8. The predicted molar refractivity (Wildman–Crippen MR) is 99.1 cm³/mol. The Morgan fingerprint density at radius 3 is 2.89 bits per heavy atom. The largest absolute Gasteiger partial charge is 0.359 e. The van der Waals surface area contributed by atoms with E-state index in [0.29, 0.717) is 17.0 Å². The van der Waals surface area contributed by atoms with Crippen LogP contribution in [0.4, 0.5) is 4.39 Å². The van der Waals surface area contributed by atoms with E-state index in [0.717, 1.165) is 5.39 Å². The maximum Gasteiger partial charge on any atom is 0.242 e. The van der Waals surface area contributed by atoms with E-state index in [9.17, 15) is 12.8 Å². The van der Waals surface area contributed by atoms with Crippen LogP contribution in [0.2, 0.25) is 5.02 Å². The van der Waals surface area contributed by atoms with Gasteiger partial charge in [-0.3, -0.25) is 5.10 Å². The van der Waals surface area contributed by atoms with Crippen molar-refractivity contribution in [1.29, 1.82) is 0 Å². The smallest absolute Gasteiger partial charge is 0.242 e. The van der Waals surface area contributed by atoms with Crippen LogP contribution in [0, 0.1) is 5.82 Å². The Hall–Kier alpha value is -2.75. The summed E-state index contributed by atoms with van der Waals surface area (Å²) in [5, 5.41) is 7.88. The van der Waals surface area contributed by atoms with E-state index in [1.54, 1.807) is 12.3 Å². The summed E-state index contributed by atoms with van der Waals surface area (Å²) in [6.07, 6.45) is 2.98. The number of hydrogen-bond donors (Lipinski definition) is 3. The molecule has 0 spiro atoms. The molecule has 0 saturated carbocycles. The lowest BCUT2D eigenvalue weighted by molar-refractivity contribution is 0.574. The Morgan fingerprint density at radius 1 is 1.22 bits per heavy atom. The Morgan fingerprint density at radius 2 is 2.07 bits per heavy atom. The van der Waals surface area contributed by atoms with Crippen LogP contribution in [0.5, 0.6) is 0 Å². The van der Waals surface area contributed by atoms with Crippen molar-refractivity contribution in [1.82, 2.24) is 24.9 Å². The van der Waals surface area contributed by atoms with Crippen LogP contribution in [0.3, 0.4) is 0 Å². The number of aromatic nitrogens is 4. The monoisotopic (exact) mass is 405 g/mol. The highest BCUT2D eigenvalue weighted by Gasteiger charge is 2.19. The van der Waals surface area contributed by atoms with Crippen LogP contribution in [0.25, 0.3) is 22.4 Å². The first-order valence-corrected chi connectivity index (χ1v) is 9.72. The maximum atomic E-state index is 13.8. The molecule has 10 heteroatoms. The number of rotatable bonds is 5. The molecule has 0 atom stereocenters. The van der Waals surface area contributed by atoms with Crippen molar-refractivity contribution in [3.63, 3.8) is 0 Å². The van der Waals surface area contributed by atoms with Crippen LogP contribution >= 0.6 is 11.6 Å². The van der Waals surface area contributed by atoms with E-state index in [4.69, 9.17) is 11.6 Å². The zero-order valence-electron chi connectivity index (χ0n) is 13.7. The van der Waals surface area contributed by atoms with Crippen LogP contribution in [0.15, 0.2) is 53.7 Å². The molecule has 3 aromatic heterocycles. The number of hydrogen-bond acceptors (Lipinski definition) is 4. The molecule has 138 valence electrons. The summed E-state index contributed by atoms with van der Waals surface area (Å²) < 4.78 is 41.3. The number of sulfonamides is 1. The molecule has 0 bridgehead atoms. The highest BCUT2D eigenvalue weighted by Crippen LogP contribution is 2.26. The molecule has 4 rings (SSSR count). The molecule has 0 aliphatic rings. The second kappa shape index (κ2) is 6.76. The van der Waals surface area contributed by atoms with Gasteiger partial charge in [-0.15, -0.1) is 0 Å². The topological polar surface area (TPSA) is 104 Å². The van der Waals surface area contributed by atoms with Gasteiger partial charge < -0.3 is 4.98 Å². The molecular weight excluding hydrogens is 393 g/mol. The zero-order chi connectivity index (χ0) is 19.0. The summed E-state index contributed by atoms with van der Waals surface area (Å²) in [7, 11) is -3.88. The summed E-state index contributed by atoms with van der Waals surface area (Å²) in [6, 6.07) is 9.22. The summed E-state index contributed by atoms with van der Waals surface area (Å²) in [5.74, 6) is -0.574. The van der Waals surface area contributed by atoms with Crippen LogP contribution < -0.4 is 4.72 Å². The lowest BCUT2D eigenvalue weighted by Crippen LogP contribution is -2.23. The molecule has 3 heterocycles. The molecule has 0 unspecified atom stereocenters. The van der Waals surface area contributed by atoms with Gasteiger partial charge in [0, 0.05) is 34.9 Å². The molecule has 0 amide bonds. The normalized spacial score (nSPS) is 11.9. The number of nitrogens with one attached hydrogen (secondary N) is 3. The van der Waals surface area contributed by atoms with Gasteiger partial charge in [0.05, 0.1) is 5.69 Å². The number of benzene rings is 1. The van der Waals surface area contributed by atoms with E-state index in [-0.39, 0.29) is 22.0 Å². The summed E-state index contributed by atoms with van der Waals surface area (Å²) in [5.41, 5.74) is 1.75. The van der Waals surface area contributed by atoms with Gasteiger partial charge in [0.15, 0.2) is 5.65 Å². The SMILES string of the molecule is O=S(=O)(NCc1c(F)cccc1Cl)c1c[nH]c(-c2n[nH]c3ncccc23)c1. The van der Waals surface area contributed by atoms with Crippen molar-refractivity contribution in [2.24, 2.45) is 0 Å². The van der Waals surface area contributed by atoms with Crippen LogP contribution in [-0.2, 0) is 16.6 Å². The van der Waals surface area contributed by atoms with E-state index in [1.165, 1.54) is 30.5 Å². The summed E-state index contributed by atoms with van der Waals surface area (Å²) in [4.78, 5) is 7.05. The number of pyridine rings is 1. The van der Waals surface area contributed by atoms with Gasteiger partial charge in [-0.1, -0.05) is 17.7 Å². The molecule has 27 heavy (non-hydrogen) atoms. The minimum absolute atomic E-state index is 0.00463. The highest BCUT2D eigenvalue weighted by molar-refractivity contribution is 7.89. The Labute approximate surface area is 158 Å². The molecule has 0 fully saturated rings. The van der Waals surface area contributed by atoms with Crippen molar-refractivity contribution in [2.45, 2.75) is 11.4 Å². The third kappa shape index (κ3) is 3.32. The van der Waals surface area contributed by atoms with Gasteiger partial charge >= 0.3 is 0 Å². The minimum atomic E-state index is -3.88. The fourth-order valence-corrected chi connectivity index (χ4v) is 3.90. The number of aromatic amines is 2. The van der Waals surface area contributed by atoms with Crippen LogP contribution in [-0.4, -0.2) is 28.6 Å². The molecule has 1 aromatic carbocycles. The van der Waals surface area contributed by atoms with E-state index in [2.05, 4.69) is 24.9 Å². The first kappa shape index (κ1) is 17.7. The summed E-state index contributed by atoms with van der Waals surface area (Å²) in [6.45, 7) is -0.260. The molecule has 4 aromatic rings. The lowest BCUT2D eigenvalue weighted by Gasteiger charge is -2.07. The van der Waals surface area contributed by atoms with Gasteiger partial charge in [0.25, 0.3) is 0 Å². The predicted octanol–water partition coefficient (Wildman–Crippen LogP) is 3.22. The number of halogens is 2. The molecule has 0 aliphatic carbocycles. The van der Waals surface area contributed by atoms with Gasteiger partial charge in [-0.2, -0.15) is 5.10 Å². The second-order valence-corrected chi connectivity index (χ2v) is 7.92. The van der Waals surface area contributed by atoms with Gasteiger partial charge in [-0.05, 0) is 30.3 Å². The molecule has 7 nitrogen and oxygen atoms in total. The second-order valence-electron chi connectivity index (χ2n) is 5.75. The fourth-order valence-electron chi connectivity index (χ4n) is 2.68. The standard InChI is InChI=1S/C17H13ClFN5O2S/c18-13-4-1-5-14(19)12(13)9-22-27(25,26)10-7-15(21-8-10)16-11-3-2-6-20-17(11)24-23-16/h1-8,21-22H,9H2,(H,20,23,24). The fraction of sp³-hybridized carbons (Fsp3) is 0.0588. The number of fused-ring (bicyclic) bond motifs is 1. The summed E-state index contributed by atoms with van der Waals surface area (Å²) >= 11 is 5.93. The average molecular weight is 406 g/mol. The molecule has 3 N–H and O–H groups in total. The van der Waals surface area contributed by atoms with Gasteiger partial charge in [-0.25, -0.2) is 22.5 Å².